The zero-order valence-corrected chi connectivity index (χ0v) is 12.0. The van der Waals surface area contributed by atoms with Gasteiger partial charge in [0.25, 0.3) is 0 Å². The van der Waals surface area contributed by atoms with E-state index in [4.69, 9.17) is 11.6 Å². The summed E-state index contributed by atoms with van der Waals surface area (Å²) in [4.78, 5) is 8.24. The Kier molecular flexibility index (Phi) is 4.37. The summed E-state index contributed by atoms with van der Waals surface area (Å²) in [5, 5.41) is 0.172. The minimum absolute atomic E-state index is 0.0694. The fraction of sp³-hybridized carbons (Fsp3) is 0.286. The summed E-state index contributed by atoms with van der Waals surface area (Å²) < 4.78 is 41.3. The van der Waals surface area contributed by atoms with Crippen LogP contribution in [0.3, 0.4) is 0 Å². The highest BCUT2D eigenvalue weighted by molar-refractivity contribution is 6.29. The summed E-state index contributed by atoms with van der Waals surface area (Å²) in [5.74, 6) is -0.187. The lowest BCUT2D eigenvalue weighted by molar-refractivity contribution is -0.274. The molecule has 3 nitrogen and oxygen atoms in total. The molecule has 0 N–H and O–H groups in total. The third-order valence-corrected chi connectivity index (χ3v) is 2.85. The van der Waals surface area contributed by atoms with Crippen LogP contribution in [0.5, 0.6) is 5.75 Å². The van der Waals surface area contributed by atoms with Gasteiger partial charge in [-0.3, -0.25) is 0 Å². The molecule has 0 saturated carbocycles. The Morgan fingerprint density at radius 2 is 1.81 bits per heavy atom. The van der Waals surface area contributed by atoms with Crippen molar-refractivity contribution >= 4 is 11.6 Å². The van der Waals surface area contributed by atoms with Crippen LogP contribution in [0, 0.1) is 0 Å². The SMILES string of the molecule is CC(C)c1cc(Cl)nc(-c2ccccc2OC(F)(F)F)n1. The second-order valence-corrected chi connectivity index (χ2v) is 5.03. The molecule has 2 rings (SSSR count). The van der Waals surface area contributed by atoms with E-state index in [2.05, 4.69) is 14.7 Å². The van der Waals surface area contributed by atoms with E-state index in [-0.39, 0.29) is 28.2 Å². The van der Waals surface area contributed by atoms with Crippen LogP contribution < -0.4 is 4.74 Å². The average Bonchev–Trinajstić information content (AvgIpc) is 2.36. The fourth-order valence-electron chi connectivity index (χ4n) is 1.72. The Bertz CT molecular complexity index is 644. The molecule has 0 aliphatic rings. The first-order valence-electron chi connectivity index (χ1n) is 6.16. The molecular weight excluding hydrogens is 305 g/mol. The van der Waals surface area contributed by atoms with Gasteiger partial charge < -0.3 is 4.74 Å². The number of halogens is 4. The van der Waals surface area contributed by atoms with Gasteiger partial charge in [0.1, 0.15) is 10.9 Å². The van der Waals surface area contributed by atoms with Gasteiger partial charge in [0, 0.05) is 5.69 Å². The maximum absolute atomic E-state index is 12.4. The first kappa shape index (κ1) is 15.6. The van der Waals surface area contributed by atoms with E-state index in [9.17, 15) is 13.2 Å². The van der Waals surface area contributed by atoms with Crippen LogP contribution >= 0.6 is 11.6 Å². The number of benzene rings is 1. The molecule has 0 radical (unpaired) electrons. The zero-order valence-electron chi connectivity index (χ0n) is 11.3. The summed E-state index contributed by atoms with van der Waals surface area (Å²) in [7, 11) is 0. The monoisotopic (exact) mass is 316 g/mol. The van der Waals surface area contributed by atoms with E-state index in [0.717, 1.165) is 0 Å². The van der Waals surface area contributed by atoms with Crippen LogP contribution in [0.4, 0.5) is 13.2 Å². The van der Waals surface area contributed by atoms with Gasteiger partial charge in [-0.1, -0.05) is 37.6 Å². The van der Waals surface area contributed by atoms with Crippen molar-refractivity contribution in [2.24, 2.45) is 0 Å². The molecule has 1 heterocycles. The summed E-state index contributed by atoms with van der Waals surface area (Å²) in [5.41, 5.74) is 0.783. The van der Waals surface area contributed by atoms with Crippen molar-refractivity contribution in [3.8, 4) is 17.1 Å². The topological polar surface area (TPSA) is 35.0 Å². The van der Waals surface area contributed by atoms with Crippen molar-refractivity contribution in [3.63, 3.8) is 0 Å². The van der Waals surface area contributed by atoms with Gasteiger partial charge in [0.2, 0.25) is 0 Å². The van der Waals surface area contributed by atoms with Crippen LogP contribution in [0.1, 0.15) is 25.5 Å². The first-order chi connectivity index (χ1) is 9.76. The fourth-order valence-corrected chi connectivity index (χ4v) is 1.91. The Morgan fingerprint density at radius 1 is 1.14 bits per heavy atom. The molecule has 0 fully saturated rings. The lowest BCUT2D eigenvalue weighted by Crippen LogP contribution is -2.17. The summed E-state index contributed by atoms with van der Waals surface area (Å²) in [6.07, 6.45) is -4.78. The number of hydrogen-bond donors (Lipinski definition) is 0. The summed E-state index contributed by atoms with van der Waals surface area (Å²) >= 11 is 5.92. The standard InChI is InChI=1S/C14H12ClF3N2O/c1-8(2)10-7-12(15)20-13(19-10)9-5-3-4-6-11(9)21-14(16,17)18/h3-8H,1-2H3. The average molecular weight is 317 g/mol. The highest BCUT2D eigenvalue weighted by Gasteiger charge is 2.32. The third kappa shape index (κ3) is 4.07. The number of alkyl halides is 3. The van der Waals surface area contributed by atoms with E-state index < -0.39 is 6.36 Å². The predicted octanol–water partition coefficient (Wildman–Crippen LogP) is 4.82. The van der Waals surface area contributed by atoms with Crippen LogP contribution in [0.25, 0.3) is 11.4 Å². The highest BCUT2D eigenvalue weighted by atomic mass is 35.5. The Hall–Kier alpha value is -1.82. The van der Waals surface area contributed by atoms with Gasteiger partial charge in [0.15, 0.2) is 5.82 Å². The zero-order chi connectivity index (χ0) is 15.6. The van der Waals surface area contributed by atoms with Crippen molar-refractivity contribution in [1.82, 2.24) is 9.97 Å². The number of para-hydroxylation sites is 1. The molecule has 21 heavy (non-hydrogen) atoms. The largest absolute Gasteiger partial charge is 0.573 e. The molecule has 0 aliphatic heterocycles. The quantitative estimate of drug-likeness (QED) is 0.761. The number of ether oxygens (including phenoxy) is 1. The lowest BCUT2D eigenvalue weighted by atomic mass is 10.1. The number of hydrogen-bond acceptors (Lipinski definition) is 3. The van der Waals surface area contributed by atoms with Crippen molar-refractivity contribution in [1.29, 1.82) is 0 Å². The van der Waals surface area contributed by atoms with E-state index in [1.165, 1.54) is 18.2 Å². The second kappa shape index (κ2) is 5.89. The van der Waals surface area contributed by atoms with Crippen molar-refractivity contribution in [2.45, 2.75) is 26.1 Å². The summed E-state index contributed by atoms with van der Waals surface area (Å²) in [6.45, 7) is 3.81. The summed E-state index contributed by atoms with van der Waals surface area (Å²) in [6, 6.07) is 7.28. The van der Waals surface area contributed by atoms with E-state index >= 15 is 0 Å². The van der Waals surface area contributed by atoms with Crippen molar-refractivity contribution < 1.29 is 17.9 Å². The molecule has 112 valence electrons. The minimum atomic E-state index is -4.78. The molecule has 0 spiro atoms. The first-order valence-corrected chi connectivity index (χ1v) is 6.53. The number of aromatic nitrogens is 2. The van der Waals surface area contributed by atoms with Crippen molar-refractivity contribution in [2.75, 3.05) is 0 Å². The lowest BCUT2D eigenvalue weighted by Gasteiger charge is -2.13. The van der Waals surface area contributed by atoms with Crippen LogP contribution in [-0.4, -0.2) is 16.3 Å². The van der Waals surface area contributed by atoms with Gasteiger partial charge in [-0.05, 0) is 24.1 Å². The predicted molar refractivity (Wildman–Crippen MR) is 73.3 cm³/mol. The molecule has 0 saturated heterocycles. The smallest absolute Gasteiger partial charge is 0.405 e. The Balaban J connectivity index is 2.52. The minimum Gasteiger partial charge on any atom is -0.405 e. The molecule has 0 amide bonds. The van der Waals surface area contributed by atoms with E-state index in [1.807, 2.05) is 13.8 Å². The number of rotatable bonds is 3. The molecule has 1 aromatic heterocycles. The van der Waals surface area contributed by atoms with Crippen LogP contribution in [0.2, 0.25) is 5.15 Å². The van der Waals surface area contributed by atoms with E-state index in [1.54, 1.807) is 12.1 Å². The van der Waals surface area contributed by atoms with Gasteiger partial charge in [-0.25, -0.2) is 9.97 Å². The molecule has 1 aromatic carbocycles. The molecule has 0 unspecified atom stereocenters. The highest BCUT2D eigenvalue weighted by Crippen LogP contribution is 2.33. The van der Waals surface area contributed by atoms with Gasteiger partial charge in [-0.15, -0.1) is 13.2 Å². The van der Waals surface area contributed by atoms with Gasteiger partial charge in [0.05, 0.1) is 5.56 Å². The molecule has 0 aliphatic carbocycles. The maximum atomic E-state index is 12.4. The second-order valence-electron chi connectivity index (χ2n) is 4.64. The van der Waals surface area contributed by atoms with Crippen molar-refractivity contribution in [3.05, 3.63) is 41.2 Å². The molecule has 0 bridgehead atoms. The van der Waals surface area contributed by atoms with Crippen LogP contribution in [0.15, 0.2) is 30.3 Å². The molecule has 2 aromatic rings. The number of nitrogens with zero attached hydrogens (tertiary/aromatic N) is 2. The van der Waals surface area contributed by atoms with E-state index in [0.29, 0.717) is 5.69 Å². The molecule has 0 atom stereocenters. The molecule has 7 heteroatoms. The Labute approximate surface area is 124 Å². The van der Waals surface area contributed by atoms with Gasteiger partial charge >= 0.3 is 6.36 Å². The van der Waals surface area contributed by atoms with Crippen LogP contribution in [-0.2, 0) is 0 Å². The maximum Gasteiger partial charge on any atom is 0.573 e. The molecular formula is C14H12ClF3N2O. The van der Waals surface area contributed by atoms with Gasteiger partial charge in [-0.2, -0.15) is 0 Å². The normalized spacial score (nSPS) is 11.8. The third-order valence-electron chi connectivity index (χ3n) is 2.66. The Morgan fingerprint density at radius 3 is 2.43 bits per heavy atom.